The van der Waals surface area contributed by atoms with Crippen LogP contribution in [-0.4, -0.2) is 0 Å². The van der Waals surface area contributed by atoms with E-state index in [1.54, 1.807) is 12.1 Å². The van der Waals surface area contributed by atoms with E-state index in [2.05, 4.69) is 6.07 Å². The summed E-state index contributed by atoms with van der Waals surface area (Å²) >= 11 is 0. The van der Waals surface area contributed by atoms with Gasteiger partial charge in [-0.1, -0.05) is 12.1 Å². The van der Waals surface area contributed by atoms with Crippen molar-refractivity contribution in [2.45, 2.75) is 6.61 Å². The smallest absolute Gasteiger partial charge is 0.127 e. The molecule has 2 aromatic rings. The zero-order chi connectivity index (χ0) is 11.4. The van der Waals surface area contributed by atoms with E-state index in [4.69, 9.17) is 4.74 Å². The summed E-state index contributed by atoms with van der Waals surface area (Å²) in [5.74, 6) is -0.229. The fraction of sp³-hybridized carbons (Fsp3) is 0.0769. The van der Waals surface area contributed by atoms with E-state index in [9.17, 15) is 8.78 Å². The molecule has 0 saturated heterocycles. The predicted octanol–water partition coefficient (Wildman–Crippen LogP) is 3.34. The zero-order valence-corrected chi connectivity index (χ0v) is 8.41. The number of halogens is 2. The van der Waals surface area contributed by atoms with Gasteiger partial charge >= 0.3 is 0 Å². The lowest BCUT2D eigenvalue weighted by Crippen LogP contribution is -1.95. The molecule has 2 rings (SSSR count). The molecule has 2 aromatic carbocycles. The third-order valence-corrected chi connectivity index (χ3v) is 2.03. The zero-order valence-electron chi connectivity index (χ0n) is 8.41. The molecule has 0 bridgehead atoms. The molecular weight excluding hydrogens is 210 g/mol. The van der Waals surface area contributed by atoms with Crippen molar-refractivity contribution in [1.29, 1.82) is 0 Å². The molecule has 0 N–H and O–H groups in total. The maximum absolute atomic E-state index is 12.8. The first-order chi connectivity index (χ1) is 7.74. The first-order valence-electron chi connectivity index (χ1n) is 4.78. The molecule has 0 saturated carbocycles. The average Bonchev–Trinajstić information content (AvgIpc) is 2.28. The summed E-state index contributed by atoms with van der Waals surface area (Å²) < 4.78 is 30.7. The van der Waals surface area contributed by atoms with Gasteiger partial charge in [-0.05, 0) is 35.9 Å². The lowest BCUT2D eigenvalue weighted by molar-refractivity contribution is 0.304. The highest BCUT2D eigenvalue weighted by molar-refractivity contribution is 5.22. The van der Waals surface area contributed by atoms with Gasteiger partial charge in [0, 0.05) is 6.07 Å². The molecule has 0 aromatic heterocycles. The van der Waals surface area contributed by atoms with E-state index in [0.717, 1.165) is 5.56 Å². The van der Waals surface area contributed by atoms with Crippen LogP contribution in [0.1, 0.15) is 5.56 Å². The summed E-state index contributed by atoms with van der Waals surface area (Å²) in [6.07, 6.45) is 0. The highest BCUT2D eigenvalue weighted by Gasteiger charge is 1.98. The lowest BCUT2D eigenvalue weighted by atomic mass is 10.2. The Kier molecular flexibility index (Phi) is 3.15. The fourth-order valence-corrected chi connectivity index (χ4v) is 1.27. The van der Waals surface area contributed by atoms with Gasteiger partial charge in [0.1, 0.15) is 24.0 Å². The summed E-state index contributed by atoms with van der Waals surface area (Å²) in [6, 6.07) is 12.7. The summed E-state index contributed by atoms with van der Waals surface area (Å²) in [5, 5.41) is 0. The van der Waals surface area contributed by atoms with Gasteiger partial charge in [-0.15, -0.1) is 0 Å². The normalized spacial score (nSPS) is 10.1. The van der Waals surface area contributed by atoms with E-state index in [-0.39, 0.29) is 18.2 Å². The van der Waals surface area contributed by atoms with Gasteiger partial charge in [0.15, 0.2) is 0 Å². The monoisotopic (exact) mass is 219 g/mol. The minimum absolute atomic E-state index is 0.236. The van der Waals surface area contributed by atoms with Gasteiger partial charge in [0.2, 0.25) is 0 Å². The fourth-order valence-electron chi connectivity index (χ4n) is 1.27. The van der Waals surface area contributed by atoms with Crippen LogP contribution in [0.15, 0.2) is 42.5 Å². The molecule has 0 aliphatic rings. The molecule has 0 heterocycles. The minimum atomic E-state index is -0.363. The van der Waals surface area contributed by atoms with Gasteiger partial charge in [-0.3, -0.25) is 0 Å². The second kappa shape index (κ2) is 4.75. The van der Waals surface area contributed by atoms with E-state index in [1.807, 2.05) is 0 Å². The van der Waals surface area contributed by atoms with Crippen molar-refractivity contribution in [2.24, 2.45) is 0 Å². The van der Waals surface area contributed by atoms with E-state index < -0.39 is 0 Å². The molecule has 1 radical (unpaired) electrons. The topological polar surface area (TPSA) is 9.23 Å². The minimum Gasteiger partial charge on any atom is -0.488 e. The van der Waals surface area contributed by atoms with Crippen LogP contribution < -0.4 is 4.74 Å². The maximum atomic E-state index is 12.8. The highest BCUT2D eigenvalue weighted by Crippen LogP contribution is 2.13. The van der Waals surface area contributed by atoms with Crippen LogP contribution in [0, 0.1) is 17.7 Å². The molecule has 0 atom stereocenters. The SMILES string of the molecule is Fc1c[c]c(OCc2cccc(F)c2)cc1. The Morgan fingerprint density at radius 2 is 1.94 bits per heavy atom. The predicted molar refractivity (Wildman–Crippen MR) is 56.0 cm³/mol. The molecule has 16 heavy (non-hydrogen) atoms. The Morgan fingerprint density at radius 1 is 1.06 bits per heavy atom. The summed E-state index contributed by atoms with van der Waals surface area (Å²) in [6.45, 7) is 0.236. The van der Waals surface area contributed by atoms with Gasteiger partial charge in [-0.25, -0.2) is 8.78 Å². The number of rotatable bonds is 3. The van der Waals surface area contributed by atoms with Crippen LogP contribution in [0.3, 0.4) is 0 Å². The van der Waals surface area contributed by atoms with Crippen LogP contribution in [-0.2, 0) is 6.61 Å². The van der Waals surface area contributed by atoms with Crippen molar-refractivity contribution >= 4 is 0 Å². The van der Waals surface area contributed by atoms with E-state index in [1.165, 1.54) is 30.3 Å². The standard InChI is InChI=1S/C13H9F2O/c14-11-4-6-13(7-5-11)16-9-10-2-1-3-12(15)8-10/h1-6,8H,9H2. The lowest BCUT2D eigenvalue weighted by Gasteiger charge is -2.05. The van der Waals surface area contributed by atoms with E-state index in [0.29, 0.717) is 5.75 Å². The third-order valence-electron chi connectivity index (χ3n) is 2.03. The number of benzene rings is 2. The van der Waals surface area contributed by atoms with Crippen LogP contribution in [0.4, 0.5) is 8.78 Å². The molecule has 3 heteroatoms. The van der Waals surface area contributed by atoms with Crippen molar-refractivity contribution in [3.05, 3.63) is 65.7 Å². The molecule has 0 amide bonds. The second-order valence-electron chi connectivity index (χ2n) is 3.29. The summed E-state index contributed by atoms with van der Waals surface area (Å²) in [7, 11) is 0. The average molecular weight is 219 g/mol. The molecule has 0 spiro atoms. The van der Waals surface area contributed by atoms with Gasteiger partial charge < -0.3 is 4.74 Å². The molecular formula is C13H9F2O. The molecule has 0 aliphatic heterocycles. The van der Waals surface area contributed by atoms with Crippen molar-refractivity contribution in [2.75, 3.05) is 0 Å². The molecule has 0 aliphatic carbocycles. The molecule has 81 valence electrons. The molecule has 0 fully saturated rings. The Balaban J connectivity index is 1.99. The first-order valence-corrected chi connectivity index (χ1v) is 4.78. The molecule has 0 unspecified atom stereocenters. The quantitative estimate of drug-likeness (QED) is 0.769. The van der Waals surface area contributed by atoms with Crippen molar-refractivity contribution < 1.29 is 13.5 Å². The highest BCUT2D eigenvalue weighted by atomic mass is 19.1. The first kappa shape index (κ1) is 10.6. The largest absolute Gasteiger partial charge is 0.488 e. The summed E-state index contributed by atoms with van der Waals surface area (Å²) in [4.78, 5) is 0. The second-order valence-corrected chi connectivity index (χ2v) is 3.29. The maximum Gasteiger partial charge on any atom is 0.127 e. The van der Waals surface area contributed by atoms with Crippen LogP contribution >= 0.6 is 0 Å². The van der Waals surface area contributed by atoms with Crippen LogP contribution in [0.25, 0.3) is 0 Å². The Labute approximate surface area is 92.3 Å². The van der Waals surface area contributed by atoms with Gasteiger partial charge in [0.25, 0.3) is 0 Å². The summed E-state index contributed by atoms with van der Waals surface area (Å²) in [5.41, 5.74) is 0.720. The Bertz CT molecular complexity index is 466. The molecule has 1 nitrogen and oxygen atoms in total. The van der Waals surface area contributed by atoms with Crippen LogP contribution in [0.2, 0.25) is 0 Å². The number of hydrogen-bond acceptors (Lipinski definition) is 1. The van der Waals surface area contributed by atoms with Crippen molar-refractivity contribution in [3.8, 4) is 5.75 Å². The number of ether oxygens (including phenoxy) is 1. The number of hydrogen-bond donors (Lipinski definition) is 0. The Morgan fingerprint density at radius 3 is 2.62 bits per heavy atom. The van der Waals surface area contributed by atoms with Crippen molar-refractivity contribution in [1.82, 2.24) is 0 Å². The van der Waals surface area contributed by atoms with Gasteiger partial charge in [-0.2, -0.15) is 0 Å². The van der Waals surface area contributed by atoms with E-state index >= 15 is 0 Å². The van der Waals surface area contributed by atoms with Crippen molar-refractivity contribution in [3.63, 3.8) is 0 Å². The van der Waals surface area contributed by atoms with Gasteiger partial charge in [0.05, 0.1) is 0 Å². The van der Waals surface area contributed by atoms with Crippen LogP contribution in [0.5, 0.6) is 5.75 Å². The third kappa shape index (κ3) is 2.79. The Hall–Kier alpha value is -1.90.